The maximum absolute atomic E-state index is 12.2. The molecule has 0 spiro atoms. The fourth-order valence-electron chi connectivity index (χ4n) is 2.06. The van der Waals surface area contributed by atoms with E-state index in [9.17, 15) is 9.59 Å². The van der Waals surface area contributed by atoms with E-state index in [-0.39, 0.29) is 16.3 Å². The van der Waals surface area contributed by atoms with Gasteiger partial charge in [0.15, 0.2) is 0 Å². The number of hydrogen-bond acceptors (Lipinski definition) is 4. The number of carbonyl (C=O) groups is 2. The third-order valence-electron chi connectivity index (χ3n) is 3.31. The van der Waals surface area contributed by atoms with Crippen molar-refractivity contribution in [2.45, 2.75) is 18.4 Å². The van der Waals surface area contributed by atoms with E-state index in [0.29, 0.717) is 26.1 Å². The van der Waals surface area contributed by atoms with Crippen molar-refractivity contribution in [1.29, 1.82) is 0 Å². The number of benzene rings is 1. The highest BCUT2D eigenvalue weighted by atomic mass is 35.5. The van der Waals surface area contributed by atoms with Crippen LogP contribution in [0.3, 0.4) is 0 Å². The SMILES string of the molecule is NC1(C(=O)Nc2cccc(Cl)c2C(=O)O)CCOCC1. The Balaban J connectivity index is 2.24. The van der Waals surface area contributed by atoms with Gasteiger partial charge < -0.3 is 20.9 Å². The van der Waals surface area contributed by atoms with Crippen molar-refractivity contribution in [2.24, 2.45) is 5.73 Å². The molecule has 1 amide bonds. The summed E-state index contributed by atoms with van der Waals surface area (Å²) in [5.74, 6) is -1.63. The fourth-order valence-corrected chi connectivity index (χ4v) is 2.31. The second-order valence-electron chi connectivity index (χ2n) is 4.69. The molecule has 108 valence electrons. The average Bonchev–Trinajstić information content (AvgIpc) is 2.39. The van der Waals surface area contributed by atoms with E-state index < -0.39 is 17.4 Å². The van der Waals surface area contributed by atoms with E-state index >= 15 is 0 Å². The third kappa shape index (κ3) is 2.92. The number of nitrogens with one attached hydrogen (secondary N) is 1. The van der Waals surface area contributed by atoms with Gasteiger partial charge in [0, 0.05) is 13.2 Å². The van der Waals surface area contributed by atoms with Gasteiger partial charge in [0.05, 0.1) is 10.7 Å². The average molecular weight is 299 g/mol. The van der Waals surface area contributed by atoms with Gasteiger partial charge >= 0.3 is 5.97 Å². The Morgan fingerprint density at radius 3 is 2.60 bits per heavy atom. The van der Waals surface area contributed by atoms with E-state index in [0.717, 1.165) is 0 Å². The van der Waals surface area contributed by atoms with Gasteiger partial charge in [-0.1, -0.05) is 17.7 Å². The number of carboxylic acids is 1. The van der Waals surface area contributed by atoms with Gasteiger partial charge in [0.2, 0.25) is 5.91 Å². The first-order valence-electron chi connectivity index (χ1n) is 6.14. The van der Waals surface area contributed by atoms with Crippen molar-refractivity contribution >= 4 is 29.2 Å². The Kier molecular flexibility index (Phi) is 4.27. The van der Waals surface area contributed by atoms with Crippen LogP contribution in [0.5, 0.6) is 0 Å². The molecule has 0 radical (unpaired) electrons. The van der Waals surface area contributed by atoms with Crippen LogP contribution in [0.2, 0.25) is 5.02 Å². The molecule has 1 fully saturated rings. The molecule has 0 atom stereocenters. The molecular formula is C13H15ClN2O4. The zero-order chi connectivity index (χ0) is 14.8. The number of carboxylic acid groups (broad SMARTS) is 1. The van der Waals surface area contributed by atoms with Gasteiger partial charge in [-0.2, -0.15) is 0 Å². The van der Waals surface area contributed by atoms with Crippen LogP contribution in [0.25, 0.3) is 0 Å². The van der Waals surface area contributed by atoms with Crippen LogP contribution in [0.1, 0.15) is 23.2 Å². The summed E-state index contributed by atoms with van der Waals surface area (Å²) >= 11 is 5.84. The van der Waals surface area contributed by atoms with Crippen molar-refractivity contribution < 1.29 is 19.4 Å². The summed E-state index contributed by atoms with van der Waals surface area (Å²) in [7, 11) is 0. The number of ether oxygens (including phenoxy) is 1. The Morgan fingerprint density at radius 1 is 1.35 bits per heavy atom. The van der Waals surface area contributed by atoms with Crippen LogP contribution in [0.4, 0.5) is 5.69 Å². The number of nitrogens with two attached hydrogens (primary N) is 1. The Bertz CT molecular complexity index is 541. The molecule has 1 heterocycles. The van der Waals surface area contributed by atoms with Crippen molar-refractivity contribution in [3.63, 3.8) is 0 Å². The number of aromatic carboxylic acids is 1. The molecule has 7 heteroatoms. The molecule has 0 bridgehead atoms. The van der Waals surface area contributed by atoms with Crippen LogP contribution < -0.4 is 11.1 Å². The molecule has 20 heavy (non-hydrogen) atoms. The van der Waals surface area contributed by atoms with Gasteiger partial charge in [-0.05, 0) is 25.0 Å². The molecule has 1 aliphatic heterocycles. The first-order valence-corrected chi connectivity index (χ1v) is 6.52. The van der Waals surface area contributed by atoms with Crippen molar-refractivity contribution in [3.05, 3.63) is 28.8 Å². The van der Waals surface area contributed by atoms with Crippen LogP contribution in [0.15, 0.2) is 18.2 Å². The molecule has 1 aromatic rings. The largest absolute Gasteiger partial charge is 0.478 e. The molecule has 4 N–H and O–H groups in total. The highest BCUT2D eigenvalue weighted by Crippen LogP contribution is 2.26. The highest BCUT2D eigenvalue weighted by Gasteiger charge is 2.36. The summed E-state index contributed by atoms with van der Waals surface area (Å²) < 4.78 is 5.17. The molecular weight excluding hydrogens is 284 g/mol. The topological polar surface area (TPSA) is 102 Å². The van der Waals surface area contributed by atoms with Crippen LogP contribution in [-0.2, 0) is 9.53 Å². The predicted molar refractivity (Wildman–Crippen MR) is 74.0 cm³/mol. The lowest BCUT2D eigenvalue weighted by Gasteiger charge is -2.31. The molecule has 1 saturated heterocycles. The second kappa shape index (κ2) is 5.78. The number of amides is 1. The first kappa shape index (κ1) is 14.8. The van der Waals surface area contributed by atoms with E-state index in [4.69, 9.17) is 27.2 Å². The lowest BCUT2D eigenvalue weighted by Crippen LogP contribution is -2.54. The van der Waals surface area contributed by atoms with Crippen LogP contribution >= 0.6 is 11.6 Å². The van der Waals surface area contributed by atoms with Crippen LogP contribution in [0, 0.1) is 0 Å². The minimum Gasteiger partial charge on any atom is -0.478 e. The van der Waals surface area contributed by atoms with Crippen molar-refractivity contribution in [3.8, 4) is 0 Å². The maximum atomic E-state index is 12.2. The number of halogens is 1. The monoisotopic (exact) mass is 298 g/mol. The number of carbonyl (C=O) groups excluding carboxylic acids is 1. The molecule has 0 saturated carbocycles. The quantitative estimate of drug-likeness (QED) is 0.784. The normalized spacial score (nSPS) is 17.5. The number of rotatable bonds is 3. The molecule has 0 aliphatic carbocycles. The van der Waals surface area contributed by atoms with Gasteiger partial charge in [0.25, 0.3) is 0 Å². The first-order chi connectivity index (χ1) is 9.44. The predicted octanol–water partition coefficient (Wildman–Crippen LogP) is 1.48. The number of hydrogen-bond donors (Lipinski definition) is 3. The molecule has 0 aromatic heterocycles. The summed E-state index contributed by atoms with van der Waals surface area (Å²) in [4.78, 5) is 23.4. The van der Waals surface area contributed by atoms with Gasteiger partial charge in [-0.15, -0.1) is 0 Å². The summed E-state index contributed by atoms with van der Waals surface area (Å²) in [6.45, 7) is 0.816. The Morgan fingerprint density at radius 2 is 2.00 bits per heavy atom. The van der Waals surface area contributed by atoms with Gasteiger partial charge in [-0.3, -0.25) is 4.79 Å². The molecule has 1 aromatic carbocycles. The minimum atomic E-state index is -1.20. The summed E-state index contributed by atoms with van der Waals surface area (Å²) in [6, 6.07) is 4.50. The molecule has 2 rings (SSSR count). The van der Waals surface area contributed by atoms with E-state index in [1.165, 1.54) is 12.1 Å². The number of anilines is 1. The van der Waals surface area contributed by atoms with Crippen molar-refractivity contribution in [1.82, 2.24) is 0 Å². The lowest BCUT2D eigenvalue weighted by atomic mass is 9.90. The molecule has 6 nitrogen and oxygen atoms in total. The standard InChI is InChI=1S/C13H15ClN2O4/c14-8-2-1-3-9(10(8)11(17)18)16-12(19)13(15)4-6-20-7-5-13/h1-3H,4-7,15H2,(H,16,19)(H,17,18). The summed E-state index contributed by atoms with van der Waals surface area (Å²) in [6.07, 6.45) is 0.781. The summed E-state index contributed by atoms with van der Waals surface area (Å²) in [5.41, 5.74) is 5.00. The molecule has 0 unspecified atom stereocenters. The fraction of sp³-hybridized carbons (Fsp3) is 0.385. The van der Waals surface area contributed by atoms with Crippen LogP contribution in [-0.4, -0.2) is 35.7 Å². The minimum absolute atomic E-state index is 0.0633. The van der Waals surface area contributed by atoms with E-state index in [2.05, 4.69) is 5.32 Å². The zero-order valence-corrected chi connectivity index (χ0v) is 11.4. The van der Waals surface area contributed by atoms with E-state index in [1.54, 1.807) is 6.07 Å². The summed E-state index contributed by atoms with van der Waals surface area (Å²) in [5, 5.41) is 11.8. The maximum Gasteiger partial charge on any atom is 0.339 e. The van der Waals surface area contributed by atoms with Gasteiger partial charge in [0.1, 0.15) is 11.1 Å². The molecule has 1 aliphatic rings. The highest BCUT2D eigenvalue weighted by molar-refractivity contribution is 6.34. The van der Waals surface area contributed by atoms with E-state index in [1.807, 2.05) is 0 Å². The van der Waals surface area contributed by atoms with Crippen molar-refractivity contribution in [2.75, 3.05) is 18.5 Å². The lowest BCUT2D eigenvalue weighted by molar-refractivity contribution is -0.124. The van der Waals surface area contributed by atoms with Gasteiger partial charge in [-0.25, -0.2) is 4.79 Å². The second-order valence-corrected chi connectivity index (χ2v) is 5.10. The third-order valence-corrected chi connectivity index (χ3v) is 3.63. The zero-order valence-electron chi connectivity index (χ0n) is 10.7. The smallest absolute Gasteiger partial charge is 0.339 e. The Hall–Kier alpha value is -1.63. The Labute approximate surface area is 120 Å².